The lowest BCUT2D eigenvalue weighted by Gasteiger charge is -2.15. The summed E-state index contributed by atoms with van der Waals surface area (Å²) in [6.07, 6.45) is 1.33. The van der Waals surface area contributed by atoms with Crippen LogP contribution in [0.1, 0.15) is 29.3 Å². The summed E-state index contributed by atoms with van der Waals surface area (Å²) in [6, 6.07) is 1.44. The van der Waals surface area contributed by atoms with E-state index in [4.69, 9.17) is 20.3 Å². The molecule has 5 nitrogen and oxygen atoms in total. The highest BCUT2D eigenvalue weighted by Crippen LogP contribution is 2.40. The third-order valence-electron chi connectivity index (χ3n) is 2.73. The number of hydrogen-bond acceptors (Lipinski definition) is 4. The van der Waals surface area contributed by atoms with Crippen LogP contribution in [0.2, 0.25) is 0 Å². The first-order chi connectivity index (χ1) is 8.15. The fourth-order valence-corrected chi connectivity index (χ4v) is 1.95. The Bertz CT molecular complexity index is 456. The minimum atomic E-state index is -0.996. The van der Waals surface area contributed by atoms with Gasteiger partial charge in [0.2, 0.25) is 0 Å². The number of carboxylic acid groups (broad SMARTS) is 1. The van der Waals surface area contributed by atoms with Crippen molar-refractivity contribution in [3.63, 3.8) is 0 Å². The topological polar surface area (TPSA) is 81.8 Å². The maximum atomic E-state index is 11.2. The van der Waals surface area contributed by atoms with Crippen LogP contribution in [0.4, 0.5) is 5.69 Å². The van der Waals surface area contributed by atoms with Crippen LogP contribution in [0.15, 0.2) is 6.07 Å². The number of fused-ring (bicyclic) bond motifs is 1. The molecule has 1 aliphatic heterocycles. The zero-order valence-electron chi connectivity index (χ0n) is 9.66. The normalized spacial score (nSPS) is 14.2. The number of anilines is 1. The van der Waals surface area contributed by atoms with Crippen molar-refractivity contribution in [1.82, 2.24) is 0 Å². The van der Waals surface area contributed by atoms with Crippen molar-refractivity contribution in [3.05, 3.63) is 17.2 Å². The Morgan fingerprint density at radius 3 is 2.65 bits per heavy atom. The number of nitrogen functional groups attached to an aromatic ring is 1. The number of ether oxygens (including phenoxy) is 2. The standard InChI is InChI=1S/C12H15NO4/c1-2-7-8(12(14)15)6-9(13)11-10(7)16-4-3-5-17-11/h6H,2-5,13H2,1H3,(H,14,15). The van der Waals surface area contributed by atoms with Crippen LogP contribution in [-0.4, -0.2) is 24.3 Å². The van der Waals surface area contributed by atoms with Crippen molar-refractivity contribution in [2.45, 2.75) is 19.8 Å². The molecule has 2 rings (SSSR count). The first-order valence-corrected chi connectivity index (χ1v) is 5.59. The molecule has 17 heavy (non-hydrogen) atoms. The van der Waals surface area contributed by atoms with Gasteiger partial charge in [0.25, 0.3) is 0 Å². The molecule has 0 saturated carbocycles. The van der Waals surface area contributed by atoms with Crippen molar-refractivity contribution in [3.8, 4) is 11.5 Å². The summed E-state index contributed by atoms with van der Waals surface area (Å²) in [6.45, 7) is 2.93. The Morgan fingerprint density at radius 2 is 2.06 bits per heavy atom. The van der Waals surface area contributed by atoms with Crippen molar-refractivity contribution < 1.29 is 19.4 Å². The Hall–Kier alpha value is -1.91. The predicted octanol–water partition coefficient (Wildman–Crippen LogP) is 1.69. The summed E-state index contributed by atoms with van der Waals surface area (Å²) < 4.78 is 11.1. The molecule has 0 aliphatic carbocycles. The van der Waals surface area contributed by atoms with E-state index in [0.717, 1.165) is 6.42 Å². The molecular formula is C12H15NO4. The minimum Gasteiger partial charge on any atom is -0.489 e. The lowest BCUT2D eigenvalue weighted by molar-refractivity contribution is 0.0695. The molecule has 1 heterocycles. The van der Waals surface area contributed by atoms with Crippen molar-refractivity contribution >= 4 is 11.7 Å². The molecular weight excluding hydrogens is 222 g/mol. The zero-order valence-corrected chi connectivity index (χ0v) is 9.66. The Balaban J connectivity index is 2.64. The van der Waals surface area contributed by atoms with E-state index in [-0.39, 0.29) is 5.56 Å². The largest absolute Gasteiger partial charge is 0.489 e. The number of rotatable bonds is 2. The lowest BCUT2D eigenvalue weighted by atomic mass is 10.0. The number of carbonyl (C=O) groups is 1. The van der Waals surface area contributed by atoms with Crippen LogP contribution < -0.4 is 15.2 Å². The molecule has 0 unspecified atom stereocenters. The zero-order chi connectivity index (χ0) is 12.4. The third kappa shape index (κ3) is 2.00. The first kappa shape index (κ1) is 11.6. The van der Waals surface area contributed by atoms with Gasteiger partial charge in [-0.25, -0.2) is 4.79 Å². The highest BCUT2D eigenvalue weighted by atomic mass is 16.5. The molecule has 0 bridgehead atoms. The molecule has 0 spiro atoms. The van der Waals surface area contributed by atoms with Gasteiger partial charge < -0.3 is 20.3 Å². The maximum absolute atomic E-state index is 11.2. The number of nitrogens with two attached hydrogens (primary N) is 1. The monoisotopic (exact) mass is 237 g/mol. The van der Waals surface area contributed by atoms with Gasteiger partial charge in [0.15, 0.2) is 11.5 Å². The maximum Gasteiger partial charge on any atom is 0.336 e. The average Bonchev–Trinajstić information content (AvgIpc) is 2.54. The first-order valence-electron chi connectivity index (χ1n) is 5.59. The van der Waals surface area contributed by atoms with E-state index < -0.39 is 5.97 Å². The van der Waals surface area contributed by atoms with E-state index in [9.17, 15) is 4.79 Å². The molecule has 0 amide bonds. The summed E-state index contributed by atoms with van der Waals surface area (Å²) in [5.74, 6) is -0.0315. The highest BCUT2D eigenvalue weighted by molar-refractivity contribution is 5.93. The fourth-order valence-electron chi connectivity index (χ4n) is 1.95. The van der Waals surface area contributed by atoms with E-state index >= 15 is 0 Å². The third-order valence-corrected chi connectivity index (χ3v) is 2.73. The quantitative estimate of drug-likeness (QED) is 0.765. The number of aromatic carboxylic acids is 1. The van der Waals surface area contributed by atoms with Gasteiger partial charge in [-0.2, -0.15) is 0 Å². The summed E-state index contributed by atoms with van der Waals surface area (Å²) >= 11 is 0. The van der Waals surface area contributed by atoms with Crippen LogP contribution in [0.5, 0.6) is 11.5 Å². The van der Waals surface area contributed by atoms with Crippen LogP contribution in [0.25, 0.3) is 0 Å². The van der Waals surface area contributed by atoms with Gasteiger partial charge in [-0.05, 0) is 12.5 Å². The summed E-state index contributed by atoms with van der Waals surface area (Å²) in [5.41, 5.74) is 6.95. The molecule has 1 aromatic rings. The SMILES string of the molecule is CCc1c(C(=O)O)cc(N)c2c1OCCCO2. The predicted molar refractivity (Wildman–Crippen MR) is 62.8 cm³/mol. The Kier molecular flexibility index (Phi) is 3.08. The molecule has 3 N–H and O–H groups in total. The smallest absolute Gasteiger partial charge is 0.336 e. The molecule has 92 valence electrons. The molecule has 0 saturated heterocycles. The van der Waals surface area contributed by atoms with Gasteiger partial charge in [-0.15, -0.1) is 0 Å². The molecule has 0 atom stereocenters. The second kappa shape index (κ2) is 4.53. The van der Waals surface area contributed by atoms with Crippen LogP contribution >= 0.6 is 0 Å². The number of hydrogen-bond donors (Lipinski definition) is 2. The van der Waals surface area contributed by atoms with Crippen molar-refractivity contribution in [2.75, 3.05) is 18.9 Å². The minimum absolute atomic E-state index is 0.189. The van der Waals surface area contributed by atoms with Gasteiger partial charge in [0, 0.05) is 12.0 Å². The lowest BCUT2D eigenvalue weighted by Crippen LogP contribution is -2.08. The van der Waals surface area contributed by atoms with Gasteiger partial charge in [0.1, 0.15) is 0 Å². The van der Waals surface area contributed by atoms with E-state index in [0.29, 0.717) is 42.4 Å². The summed E-state index contributed by atoms with van der Waals surface area (Å²) in [7, 11) is 0. The van der Waals surface area contributed by atoms with Crippen LogP contribution in [0.3, 0.4) is 0 Å². The second-order valence-corrected chi connectivity index (χ2v) is 3.86. The molecule has 0 radical (unpaired) electrons. The molecule has 1 aromatic carbocycles. The van der Waals surface area contributed by atoms with E-state index in [2.05, 4.69) is 0 Å². The Morgan fingerprint density at radius 1 is 1.41 bits per heavy atom. The van der Waals surface area contributed by atoms with E-state index in [1.165, 1.54) is 6.07 Å². The average molecular weight is 237 g/mol. The summed E-state index contributed by atoms with van der Waals surface area (Å²) in [4.78, 5) is 11.2. The van der Waals surface area contributed by atoms with Crippen LogP contribution in [-0.2, 0) is 6.42 Å². The molecule has 0 aromatic heterocycles. The number of carboxylic acids is 1. The summed E-state index contributed by atoms with van der Waals surface area (Å²) in [5, 5.41) is 9.14. The fraction of sp³-hybridized carbons (Fsp3) is 0.417. The van der Waals surface area contributed by atoms with E-state index in [1.54, 1.807) is 0 Å². The molecule has 1 aliphatic rings. The highest BCUT2D eigenvalue weighted by Gasteiger charge is 2.23. The van der Waals surface area contributed by atoms with Gasteiger partial charge >= 0.3 is 5.97 Å². The number of benzene rings is 1. The van der Waals surface area contributed by atoms with E-state index in [1.807, 2.05) is 6.92 Å². The van der Waals surface area contributed by atoms with Gasteiger partial charge in [-0.3, -0.25) is 0 Å². The van der Waals surface area contributed by atoms with Crippen molar-refractivity contribution in [2.24, 2.45) is 0 Å². The van der Waals surface area contributed by atoms with Gasteiger partial charge in [-0.1, -0.05) is 6.92 Å². The van der Waals surface area contributed by atoms with Crippen molar-refractivity contribution in [1.29, 1.82) is 0 Å². The van der Waals surface area contributed by atoms with Crippen LogP contribution in [0, 0.1) is 0 Å². The second-order valence-electron chi connectivity index (χ2n) is 3.86. The Labute approximate surface area is 99.1 Å². The van der Waals surface area contributed by atoms with Gasteiger partial charge in [0.05, 0.1) is 24.5 Å². The molecule has 5 heteroatoms. The molecule has 0 fully saturated rings.